The lowest BCUT2D eigenvalue weighted by Gasteiger charge is -2.22. The molecule has 0 atom stereocenters. The largest absolute Gasteiger partial charge is 0.444 e. The van der Waals surface area contributed by atoms with Crippen molar-refractivity contribution in [2.45, 2.75) is 39.3 Å². The van der Waals surface area contributed by atoms with Crippen LogP contribution in [0.5, 0.6) is 0 Å². The summed E-state index contributed by atoms with van der Waals surface area (Å²) in [5.74, 6) is 0.830. The van der Waals surface area contributed by atoms with E-state index in [2.05, 4.69) is 32.7 Å². The molecule has 0 aromatic heterocycles. The average Bonchev–Trinajstić information content (AvgIpc) is 2.50. The Kier molecular flexibility index (Phi) is 8.09. The van der Waals surface area contributed by atoms with Crippen LogP contribution in [0.4, 0.5) is 4.79 Å². The van der Waals surface area contributed by atoms with Gasteiger partial charge in [0.05, 0.1) is 0 Å². The molecule has 6 nitrogen and oxygen atoms in total. The zero-order chi connectivity index (χ0) is 18.0. The van der Waals surface area contributed by atoms with Crippen LogP contribution >= 0.6 is 0 Å². The molecule has 0 fully saturated rings. The molecule has 0 unspecified atom stereocenters. The lowest BCUT2D eigenvalue weighted by Crippen LogP contribution is -2.40. The van der Waals surface area contributed by atoms with Gasteiger partial charge in [-0.1, -0.05) is 30.3 Å². The van der Waals surface area contributed by atoms with Gasteiger partial charge in [0.2, 0.25) is 0 Å². The second kappa shape index (κ2) is 9.80. The predicted octanol–water partition coefficient (Wildman–Crippen LogP) is 2.61. The molecular weight excluding hydrogens is 304 g/mol. The lowest BCUT2D eigenvalue weighted by atomic mass is 10.2. The van der Waals surface area contributed by atoms with Crippen LogP contribution in [0.1, 0.15) is 32.8 Å². The van der Waals surface area contributed by atoms with Gasteiger partial charge in [-0.15, -0.1) is 0 Å². The fraction of sp³-hybridized carbons (Fsp3) is 0.556. The van der Waals surface area contributed by atoms with Gasteiger partial charge in [-0.05, 0) is 32.8 Å². The number of nitrogens with zero attached hydrogens (tertiary/aromatic N) is 2. The second-order valence-electron chi connectivity index (χ2n) is 6.60. The van der Waals surface area contributed by atoms with Crippen molar-refractivity contribution in [2.24, 2.45) is 4.99 Å². The molecule has 0 spiro atoms. The van der Waals surface area contributed by atoms with Gasteiger partial charge in [-0.25, -0.2) is 4.79 Å². The summed E-state index contributed by atoms with van der Waals surface area (Å²) in [5.41, 5.74) is 0.763. The number of benzene rings is 1. The Labute approximate surface area is 145 Å². The fourth-order valence-electron chi connectivity index (χ4n) is 2.11. The molecule has 0 heterocycles. The molecule has 0 aliphatic rings. The van der Waals surface area contributed by atoms with Gasteiger partial charge < -0.3 is 20.3 Å². The number of ether oxygens (including phenoxy) is 1. The minimum absolute atomic E-state index is 0.381. The first-order valence-corrected chi connectivity index (χ1v) is 8.24. The number of carbonyl (C=O) groups is 1. The first kappa shape index (κ1) is 19.8. The van der Waals surface area contributed by atoms with Gasteiger partial charge in [0, 0.05) is 33.7 Å². The number of aliphatic imine (C=N–C) groups is 1. The molecule has 1 aromatic rings. The van der Waals surface area contributed by atoms with Gasteiger partial charge in [0.1, 0.15) is 5.60 Å². The van der Waals surface area contributed by atoms with E-state index in [4.69, 9.17) is 4.74 Å². The van der Waals surface area contributed by atoms with Crippen molar-refractivity contribution in [3.8, 4) is 0 Å². The SMILES string of the molecule is CN=C(NCCCNC(=O)OC(C)(C)C)N(C)Cc1ccccc1. The summed E-state index contributed by atoms with van der Waals surface area (Å²) in [4.78, 5) is 17.9. The van der Waals surface area contributed by atoms with Crippen LogP contribution in [0.3, 0.4) is 0 Å². The molecular formula is C18H30N4O2. The number of guanidine groups is 1. The zero-order valence-corrected chi connectivity index (χ0v) is 15.4. The number of nitrogens with one attached hydrogen (secondary N) is 2. The van der Waals surface area contributed by atoms with Crippen LogP contribution in [0, 0.1) is 0 Å². The topological polar surface area (TPSA) is 66.0 Å². The zero-order valence-electron chi connectivity index (χ0n) is 15.4. The van der Waals surface area contributed by atoms with Crippen LogP contribution in [-0.4, -0.2) is 49.7 Å². The standard InChI is InChI=1S/C18H30N4O2/c1-18(2,3)24-17(23)21-13-9-12-20-16(19-4)22(5)14-15-10-7-6-8-11-15/h6-8,10-11H,9,12-14H2,1-5H3,(H,19,20)(H,21,23). The summed E-state index contributed by atoms with van der Waals surface area (Å²) in [5, 5.41) is 6.04. The van der Waals surface area contributed by atoms with Crippen LogP contribution in [-0.2, 0) is 11.3 Å². The first-order chi connectivity index (χ1) is 11.3. The highest BCUT2D eigenvalue weighted by Crippen LogP contribution is 2.06. The van der Waals surface area contributed by atoms with Gasteiger partial charge in [0.15, 0.2) is 5.96 Å². The van der Waals surface area contributed by atoms with E-state index in [-0.39, 0.29) is 6.09 Å². The van der Waals surface area contributed by atoms with Crippen molar-refractivity contribution in [3.63, 3.8) is 0 Å². The summed E-state index contributed by atoms with van der Waals surface area (Å²) < 4.78 is 5.19. The Balaban J connectivity index is 2.26. The van der Waals surface area contributed by atoms with E-state index in [9.17, 15) is 4.79 Å². The van der Waals surface area contributed by atoms with Crippen LogP contribution in [0.2, 0.25) is 0 Å². The number of alkyl carbamates (subject to hydrolysis) is 1. The normalized spacial score (nSPS) is 11.8. The molecule has 1 rings (SSSR count). The summed E-state index contributed by atoms with van der Waals surface area (Å²) >= 11 is 0. The third-order valence-corrected chi connectivity index (χ3v) is 3.14. The van der Waals surface area contributed by atoms with Crippen LogP contribution < -0.4 is 10.6 Å². The molecule has 0 aliphatic carbocycles. The molecule has 0 radical (unpaired) electrons. The molecule has 0 aliphatic heterocycles. The van der Waals surface area contributed by atoms with E-state index >= 15 is 0 Å². The van der Waals surface area contributed by atoms with E-state index in [0.29, 0.717) is 6.54 Å². The number of carbonyl (C=O) groups excluding carboxylic acids is 1. The fourth-order valence-corrected chi connectivity index (χ4v) is 2.11. The Bertz CT molecular complexity index is 524. The monoisotopic (exact) mass is 334 g/mol. The minimum atomic E-state index is -0.468. The third kappa shape index (κ3) is 8.41. The van der Waals surface area contributed by atoms with Gasteiger partial charge in [-0.3, -0.25) is 4.99 Å². The molecule has 0 saturated carbocycles. The van der Waals surface area contributed by atoms with E-state index in [0.717, 1.165) is 25.5 Å². The number of hydrogen-bond acceptors (Lipinski definition) is 3. The van der Waals surface area contributed by atoms with Crippen molar-refractivity contribution in [2.75, 3.05) is 27.2 Å². The summed E-state index contributed by atoms with van der Waals surface area (Å²) in [7, 11) is 3.77. The maximum atomic E-state index is 11.5. The Morgan fingerprint density at radius 3 is 2.38 bits per heavy atom. The van der Waals surface area contributed by atoms with Crippen molar-refractivity contribution in [1.29, 1.82) is 0 Å². The Morgan fingerprint density at radius 1 is 1.17 bits per heavy atom. The van der Waals surface area contributed by atoms with Crippen LogP contribution in [0.15, 0.2) is 35.3 Å². The highest BCUT2D eigenvalue weighted by atomic mass is 16.6. The van der Waals surface area contributed by atoms with Crippen molar-refractivity contribution < 1.29 is 9.53 Å². The summed E-state index contributed by atoms with van der Waals surface area (Å²) in [6, 6.07) is 10.3. The summed E-state index contributed by atoms with van der Waals surface area (Å²) in [6.07, 6.45) is 0.408. The molecule has 134 valence electrons. The third-order valence-electron chi connectivity index (χ3n) is 3.14. The quantitative estimate of drug-likeness (QED) is 0.477. The number of amides is 1. The smallest absolute Gasteiger partial charge is 0.407 e. The molecule has 0 bridgehead atoms. The Hall–Kier alpha value is -2.24. The first-order valence-electron chi connectivity index (χ1n) is 8.24. The maximum absolute atomic E-state index is 11.5. The lowest BCUT2D eigenvalue weighted by molar-refractivity contribution is 0.0527. The maximum Gasteiger partial charge on any atom is 0.407 e. The van der Waals surface area contributed by atoms with E-state index in [1.54, 1.807) is 7.05 Å². The molecule has 0 saturated heterocycles. The van der Waals surface area contributed by atoms with Crippen molar-refractivity contribution in [1.82, 2.24) is 15.5 Å². The van der Waals surface area contributed by atoms with E-state index < -0.39 is 5.60 Å². The van der Waals surface area contributed by atoms with Crippen LogP contribution in [0.25, 0.3) is 0 Å². The second-order valence-corrected chi connectivity index (χ2v) is 6.60. The summed E-state index contributed by atoms with van der Waals surface area (Å²) in [6.45, 7) is 7.61. The van der Waals surface area contributed by atoms with Gasteiger partial charge >= 0.3 is 6.09 Å². The molecule has 24 heavy (non-hydrogen) atoms. The Morgan fingerprint density at radius 2 is 1.79 bits per heavy atom. The predicted molar refractivity (Wildman–Crippen MR) is 98.1 cm³/mol. The van der Waals surface area contributed by atoms with E-state index in [1.807, 2.05) is 46.0 Å². The number of rotatable bonds is 6. The van der Waals surface area contributed by atoms with Gasteiger partial charge in [0.25, 0.3) is 0 Å². The molecule has 1 amide bonds. The number of hydrogen-bond donors (Lipinski definition) is 2. The molecule has 6 heteroatoms. The minimum Gasteiger partial charge on any atom is -0.444 e. The van der Waals surface area contributed by atoms with Crippen molar-refractivity contribution in [3.05, 3.63) is 35.9 Å². The van der Waals surface area contributed by atoms with E-state index in [1.165, 1.54) is 5.56 Å². The molecule has 1 aromatic carbocycles. The highest BCUT2D eigenvalue weighted by Gasteiger charge is 2.15. The highest BCUT2D eigenvalue weighted by molar-refractivity contribution is 5.79. The average molecular weight is 334 g/mol. The van der Waals surface area contributed by atoms with Crippen molar-refractivity contribution >= 4 is 12.1 Å². The van der Waals surface area contributed by atoms with Gasteiger partial charge in [-0.2, -0.15) is 0 Å². The molecule has 2 N–H and O–H groups in total.